The van der Waals surface area contributed by atoms with Crippen LogP contribution in [0.4, 0.5) is 0 Å². The van der Waals surface area contributed by atoms with Crippen molar-refractivity contribution in [3.63, 3.8) is 0 Å². The van der Waals surface area contributed by atoms with Gasteiger partial charge in [0.1, 0.15) is 0 Å². The summed E-state index contributed by atoms with van der Waals surface area (Å²) in [6.07, 6.45) is 1.66. The largest absolute Gasteiger partial charge is 0.392 e. The number of nitrogens with one attached hydrogen (secondary N) is 1. The molecule has 1 heterocycles. The van der Waals surface area contributed by atoms with E-state index in [0.717, 1.165) is 42.1 Å². The van der Waals surface area contributed by atoms with E-state index in [1.165, 1.54) is 0 Å². The lowest BCUT2D eigenvalue weighted by molar-refractivity contribution is 0.0339. The van der Waals surface area contributed by atoms with Crippen molar-refractivity contribution in [3.05, 3.63) is 29.8 Å². The SMILES string of the molecule is OCc1ccc(SCC2(O)CCNCC2)cc1. The minimum absolute atomic E-state index is 0.0839. The second-order valence-corrected chi connectivity index (χ2v) is 5.61. The summed E-state index contributed by atoms with van der Waals surface area (Å²) >= 11 is 1.69. The van der Waals surface area contributed by atoms with E-state index in [2.05, 4.69) is 5.32 Å². The highest BCUT2D eigenvalue weighted by atomic mass is 32.2. The molecule has 1 aliphatic heterocycles. The summed E-state index contributed by atoms with van der Waals surface area (Å²) in [6.45, 7) is 1.89. The molecular weight excluding hydrogens is 234 g/mol. The predicted octanol–water partition coefficient (Wildman–Crippen LogP) is 1.39. The summed E-state index contributed by atoms with van der Waals surface area (Å²) < 4.78 is 0. The second-order valence-electron chi connectivity index (χ2n) is 4.57. The molecule has 0 atom stereocenters. The Morgan fingerprint density at radius 1 is 1.18 bits per heavy atom. The van der Waals surface area contributed by atoms with Crippen LogP contribution in [0.15, 0.2) is 29.2 Å². The average Bonchev–Trinajstić information content (AvgIpc) is 2.38. The molecule has 1 saturated heterocycles. The summed E-state index contributed by atoms with van der Waals surface area (Å²) in [4.78, 5) is 1.15. The number of hydrogen-bond donors (Lipinski definition) is 3. The number of thioether (sulfide) groups is 1. The number of aliphatic hydroxyl groups excluding tert-OH is 1. The van der Waals surface area contributed by atoms with Crippen LogP contribution >= 0.6 is 11.8 Å². The summed E-state index contributed by atoms with van der Waals surface area (Å²) in [5.74, 6) is 0.743. The van der Waals surface area contributed by atoms with Crippen molar-refractivity contribution in [2.24, 2.45) is 0 Å². The maximum Gasteiger partial charge on any atom is 0.0765 e. The van der Waals surface area contributed by atoms with Crippen LogP contribution < -0.4 is 5.32 Å². The van der Waals surface area contributed by atoms with Gasteiger partial charge in [-0.3, -0.25) is 0 Å². The molecule has 1 aromatic rings. The van der Waals surface area contributed by atoms with Crippen molar-refractivity contribution in [3.8, 4) is 0 Å². The van der Waals surface area contributed by atoms with E-state index in [0.29, 0.717) is 0 Å². The zero-order chi connectivity index (χ0) is 12.1. The Bertz CT molecular complexity index is 347. The molecule has 1 aliphatic rings. The van der Waals surface area contributed by atoms with Crippen molar-refractivity contribution in [2.45, 2.75) is 29.9 Å². The van der Waals surface area contributed by atoms with Crippen molar-refractivity contribution in [2.75, 3.05) is 18.8 Å². The highest BCUT2D eigenvalue weighted by molar-refractivity contribution is 7.99. The molecule has 3 N–H and O–H groups in total. The van der Waals surface area contributed by atoms with E-state index in [9.17, 15) is 5.11 Å². The zero-order valence-electron chi connectivity index (χ0n) is 9.85. The molecular formula is C13H19NO2S. The summed E-state index contributed by atoms with van der Waals surface area (Å²) in [5, 5.41) is 22.5. The molecule has 0 saturated carbocycles. The molecule has 0 unspecified atom stereocenters. The van der Waals surface area contributed by atoms with E-state index in [-0.39, 0.29) is 6.61 Å². The minimum atomic E-state index is -0.522. The van der Waals surface area contributed by atoms with Crippen molar-refractivity contribution in [1.29, 1.82) is 0 Å². The molecule has 4 heteroatoms. The Hall–Kier alpha value is -0.550. The first-order valence-electron chi connectivity index (χ1n) is 5.98. The van der Waals surface area contributed by atoms with E-state index >= 15 is 0 Å². The van der Waals surface area contributed by atoms with Gasteiger partial charge < -0.3 is 15.5 Å². The van der Waals surface area contributed by atoms with Crippen molar-refractivity contribution >= 4 is 11.8 Å². The van der Waals surface area contributed by atoms with Crippen molar-refractivity contribution < 1.29 is 10.2 Å². The first-order valence-corrected chi connectivity index (χ1v) is 6.96. The Morgan fingerprint density at radius 2 is 1.82 bits per heavy atom. The smallest absolute Gasteiger partial charge is 0.0765 e. The third-order valence-corrected chi connectivity index (χ3v) is 4.43. The lowest BCUT2D eigenvalue weighted by atomic mass is 9.95. The maximum atomic E-state index is 10.3. The molecule has 1 fully saturated rings. The molecule has 2 rings (SSSR count). The lowest BCUT2D eigenvalue weighted by Gasteiger charge is -2.32. The van der Waals surface area contributed by atoms with Crippen LogP contribution in [0.2, 0.25) is 0 Å². The van der Waals surface area contributed by atoms with E-state index < -0.39 is 5.60 Å². The third kappa shape index (κ3) is 3.71. The van der Waals surface area contributed by atoms with Gasteiger partial charge in [-0.25, -0.2) is 0 Å². The van der Waals surface area contributed by atoms with Crippen LogP contribution in [0.5, 0.6) is 0 Å². The highest BCUT2D eigenvalue weighted by Gasteiger charge is 2.28. The first-order chi connectivity index (χ1) is 8.22. The van der Waals surface area contributed by atoms with Gasteiger partial charge in [0.25, 0.3) is 0 Å². The molecule has 94 valence electrons. The van der Waals surface area contributed by atoms with E-state index in [1.807, 2.05) is 24.3 Å². The first kappa shape index (κ1) is 12.9. The van der Waals surface area contributed by atoms with Crippen molar-refractivity contribution in [1.82, 2.24) is 5.32 Å². The lowest BCUT2D eigenvalue weighted by Crippen LogP contribution is -2.43. The van der Waals surface area contributed by atoms with Gasteiger partial charge in [0.15, 0.2) is 0 Å². The van der Waals surface area contributed by atoms with Gasteiger partial charge in [-0.05, 0) is 43.6 Å². The normalized spacial score (nSPS) is 19.2. The highest BCUT2D eigenvalue weighted by Crippen LogP contribution is 2.28. The van der Waals surface area contributed by atoms with Crippen LogP contribution in [0.25, 0.3) is 0 Å². The standard InChI is InChI=1S/C13H19NO2S/c15-9-11-1-3-12(4-2-11)17-10-13(16)5-7-14-8-6-13/h1-4,14-16H,5-10H2. The maximum absolute atomic E-state index is 10.3. The van der Waals surface area contributed by atoms with Crippen LogP contribution in [-0.2, 0) is 6.61 Å². The number of piperidine rings is 1. The molecule has 0 aliphatic carbocycles. The monoisotopic (exact) mass is 253 g/mol. The predicted molar refractivity (Wildman–Crippen MR) is 70.1 cm³/mol. The fourth-order valence-corrected chi connectivity index (χ4v) is 3.00. The third-order valence-electron chi connectivity index (χ3n) is 3.15. The molecule has 17 heavy (non-hydrogen) atoms. The van der Waals surface area contributed by atoms with Gasteiger partial charge in [-0.15, -0.1) is 11.8 Å². The number of rotatable bonds is 4. The fraction of sp³-hybridized carbons (Fsp3) is 0.538. The van der Waals surface area contributed by atoms with Crippen LogP contribution in [-0.4, -0.2) is 34.7 Å². The van der Waals surface area contributed by atoms with Crippen LogP contribution in [0, 0.1) is 0 Å². The molecule has 0 spiro atoms. The topological polar surface area (TPSA) is 52.5 Å². The Kier molecular flexibility index (Phi) is 4.45. The number of benzene rings is 1. The van der Waals surface area contributed by atoms with Gasteiger partial charge in [0.05, 0.1) is 12.2 Å². The second kappa shape index (κ2) is 5.87. The van der Waals surface area contributed by atoms with Crippen LogP contribution in [0.3, 0.4) is 0 Å². The van der Waals surface area contributed by atoms with E-state index in [1.54, 1.807) is 11.8 Å². The average molecular weight is 253 g/mol. The number of aliphatic hydroxyl groups is 2. The summed E-state index contributed by atoms with van der Waals surface area (Å²) in [6, 6.07) is 7.85. The minimum Gasteiger partial charge on any atom is -0.392 e. The molecule has 0 aromatic heterocycles. The van der Waals surface area contributed by atoms with Gasteiger partial charge in [0, 0.05) is 10.6 Å². The Balaban J connectivity index is 1.87. The van der Waals surface area contributed by atoms with Gasteiger partial charge in [-0.2, -0.15) is 0 Å². The molecule has 0 amide bonds. The zero-order valence-corrected chi connectivity index (χ0v) is 10.7. The van der Waals surface area contributed by atoms with Gasteiger partial charge in [0.2, 0.25) is 0 Å². The molecule has 1 aromatic carbocycles. The van der Waals surface area contributed by atoms with E-state index in [4.69, 9.17) is 5.11 Å². The quantitative estimate of drug-likeness (QED) is 0.710. The summed E-state index contributed by atoms with van der Waals surface area (Å²) in [5.41, 5.74) is 0.404. The fourth-order valence-electron chi connectivity index (χ4n) is 1.95. The van der Waals surface area contributed by atoms with Gasteiger partial charge in [-0.1, -0.05) is 12.1 Å². The molecule has 0 bridgehead atoms. The Morgan fingerprint density at radius 3 is 2.41 bits per heavy atom. The van der Waals surface area contributed by atoms with Crippen LogP contribution in [0.1, 0.15) is 18.4 Å². The summed E-state index contributed by atoms with van der Waals surface area (Å²) in [7, 11) is 0. The Labute approximate surface area is 106 Å². The molecule has 3 nitrogen and oxygen atoms in total. The van der Waals surface area contributed by atoms with Gasteiger partial charge >= 0.3 is 0 Å². The molecule has 0 radical (unpaired) electrons. The number of hydrogen-bond acceptors (Lipinski definition) is 4.